The molecular weight excluding hydrogens is 310 g/mol. The van der Waals surface area contributed by atoms with E-state index in [4.69, 9.17) is 9.47 Å². The van der Waals surface area contributed by atoms with E-state index < -0.39 is 0 Å². The van der Waals surface area contributed by atoms with Gasteiger partial charge in [0, 0.05) is 33.1 Å². The van der Waals surface area contributed by atoms with Crippen LogP contribution in [0.4, 0.5) is 0 Å². The van der Waals surface area contributed by atoms with Gasteiger partial charge < -0.3 is 19.7 Å². The molecule has 2 aliphatic rings. The van der Waals surface area contributed by atoms with Gasteiger partial charge >= 0.3 is 0 Å². The van der Waals surface area contributed by atoms with E-state index in [1.807, 2.05) is 24.3 Å². The molecule has 1 fully saturated rings. The Morgan fingerprint density at radius 1 is 1.17 bits per heavy atom. The van der Waals surface area contributed by atoms with Gasteiger partial charge in [-0.3, -0.25) is 14.5 Å². The summed E-state index contributed by atoms with van der Waals surface area (Å²) in [5.41, 5.74) is 0. The number of amides is 2. The lowest BCUT2D eigenvalue weighted by molar-refractivity contribution is -0.131. The predicted octanol–water partition coefficient (Wildman–Crippen LogP) is 0.107. The molecule has 0 aromatic heterocycles. The number of carbonyl (C=O) groups is 2. The summed E-state index contributed by atoms with van der Waals surface area (Å²) in [6.07, 6.45) is -0.182. The monoisotopic (exact) mass is 333 g/mol. The maximum Gasteiger partial charge on any atom is 0.234 e. The van der Waals surface area contributed by atoms with Crippen molar-refractivity contribution in [3.63, 3.8) is 0 Å². The highest BCUT2D eigenvalue weighted by Gasteiger charge is 2.23. The first-order valence-electron chi connectivity index (χ1n) is 8.25. The lowest BCUT2D eigenvalue weighted by Crippen LogP contribution is -2.51. The molecule has 7 heteroatoms. The second-order valence-electron chi connectivity index (χ2n) is 6.08. The van der Waals surface area contributed by atoms with Gasteiger partial charge in [0.1, 0.15) is 12.7 Å². The molecule has 0 bridgehead atoms. The first-order valence-corrected chi connectivity index (χ1v) is 8.25. The Bertz CT molecular complexity index is 599. The molecule has 1 N–H and O–H groups in total. The molecule has 2 amide bonds. The lowest BCUT2D eigenvalue weighted by atomic mass is 10.2. The molecule has 0 unspecified atom stereocenters. The number of rotatable bonds is 4. The molecule has 1 aromatic rings. The Morgan fingerprint density at radius 3 is 2.58 bits per heavy atom. The number of hydrogen-bond donors (Lipinski definition) is 1. The number of hydrogen-bond acceptors (Lipinski definition) is 5. The highest BCUT2D eigenvalue weighted by Crippen LogP contribution is 2.30. The number of ether oxygens (including phenoxy) is 2. The Kier molecular flexibility index (Phi) is 5.20. The molecule has 7 nitrogen and oxygen atoms in total. The molecule has 1 saturated heterocycles. The first-order chi connectivity index (χ1) is 11.6. The average Bonchev–Trinajstić information content (AvgIpc) is 2.60. The summed E-state index contributed by atoms with van der Waals surface area (Å²) in [4.78, 5) is 27.2. The SMILES string of the molecule is CC(=O)N1CCN(CC(=O)NC[C@H]2COc3ccccc3O2)CC1. The highest BCUT2D eigenvalue weighted by molar-refractivity contribution is 5.78. The van der Waals surface area contributed by atoms with E-state index in [1.54, 1.807) is 11.8 Å². The van der Waals surface area contributed by atoms with Crippen LogP contribution in [0.1, 0.15) is 6.92 Å². The molecule has 24 heavy (non-hydrogen) atoms. The van der Waals surface area contributed by atoms with Crippen molar-refractivity contribution in [3.8, 4) is 11.5 Å². The van der Waals surface area contributed by atoms with Crippen LogP contribution in [0.15, 0.2) is 24.3 Å². The topological polar surface area (TPSA) is 71.1 Å². The van der Waals surface area contributed by atoms with Gasteiger partial charge in [-0.05, 0) is 12.1 Å². The summed E-state index contributed by atoms with van der Waals surface area (Å²) in [6.45, 7) is 5.57. The van der Waals surface area contributed by atoms with Gasteiger partial charge in [-0.15, -0.1) is 0 Å². The second-order valence-corrected chi connectivity index (χ2v) is 6.08. The van der Waals surface area contributed by atoms with E-state index in [9.17, 15) is 9.59 Å². The van der Waals surface area contributed by atoms with E-state index in [0.29, 0.717) is 38.5 Å². The van der Waals surface area contributed by atoms with Crippen LogP contribution < -0.4 is 14.8 Å². The molecule has 0 radical (unpaired) electrons. The van der Waals surface area contributed by atoms with Crippen molar-refractivity contribution in [3.05, 3.63) is 24.3 Å². The maximum absolute atomic E-state index is 12.1. The summed E-state index contributed by atoms with van der Waals surface area (Å²) in [5.74, 6) is 1.51. The zero-order valence-electron chi connectivity index (χ0n) is 13.9. The Balaban J connectivity index is 1.38. The summed E-state index contributed by atoms with van der Waals surface area (Å²) in [5, 5.41) is 2.90. The van der Waals surface area contributed by atoms with E-state index >= 15 is 0 Å². The number of piperazine rings is 1. The van der Waals surface area contributed by atoms with Crippen LogP contribution in [0.5, 0.6) is 11.5 Å². The van der Waals surface area contributed by atoms with Gasteiger partial charge in [0.2, 0.25) is 11.8 Å². The summed E-state index contributed by atoms with van der Waals surface area (Å²) < 4.78 is 11.4. The van der Waals surface area contributed by atoms with Crippen LogP contribution >= 0.6 is 0 Å². The van der Waals surface area contributed by atoms with Gasteiger partial charge in [0.05, 0.1) is 13.1 Å². The third-order valence-electron chi connectivity index (χ3n) is 4.28. The van der Waals surface area contributed by atoms with Crippen LogP contribution in [0, 0.1) is 0 Å². The fraction of sp³-hybridized carbons (Fsp3) is 0.529. The number of carbonyl (C=O) groups excluding carboxylic acids is 2. The zero-order valence-corrected chi connectivity index (χ0v) is 13.9. The highest BCUT2D eigenvalue weighted by atomic mass is 16.6. The normalized spacial score (nSPS) is 20.5. The number of para-hydroxylation sites is 2. The van der Waals surface area contributed by atoms with Crippen LogP contribution in [0.2, 0.25) is 0 Å². The fourth-order valence-corrected chi connectivity index (χ4v) is 2.87. The zero-order chi connectivity index (χ0) is 16.9. The average molecular weight is 333 g/mol. The van der Waals surface area contributed by atoms with Crippen molar-refractivity contribution in [1.29, 1.82) is 0 Å². The number of fused-ring (bicyclic) bond motifs is 1. The number of nitrogens with one attached hydrogen (secondary N) is 1. The van der Waals surface area contributed by atoms with Crippen molar-refractivity contribution >= 4 is 11.8 Å². The predicted molar refractivity (Wildman–Crippen MR) is 88.1 cm³/mol. The molecule has 0 spiro atoms. The number of benzene rings is 1. The molecule has 2 aliphatic heterocycles. The minimum atomic E-state index is -0.182. The Hall–Kier alpha value is -2.28. The minimum absolute atomic E-state index is 0.0336. The molecule has 1 aromatic carbocycles. The smallest absolute Gasteiger partial charge is 0.234 e. The standard InChI is InChI=1S/C17H23N3O4/c1-13(21)20-8-6-19(7-9-20)11-17(22)18-10-14-12-23-15-4-2-3-5-16(15)24-14/h2-5,14H,6-12H2,1H3,(H,18,22)/t14-/m0/s1. The van der Waals surface area contributed by atoms with Crippen molar-refractivity contribution < 1.29 is 19.1 Å². The van der Waals surface area contributed by atoms with Gasteiger partial charge in [0.25, 0.3) is 0 Å². The summed E-state index contributed by atoms with van der Waals surface area (Å²) in [6, 6.07) is 7.52. The molecule has 1 atom stereocenters. The van der Waals surface area contributed by atoms with Crippen LogP contribution in [0.3, 0.4) is 0 Å². The van der Waals surface area contributed by atoms with Crippen LogP contribution in [-0.2, 0) is 9.59 Å². The Morgan fingerprint density at radius 2 is 1.88 bits per heavy atom. The van der Waals surface area contributed by atoms with E-state index in [1.165, 1.54) is 0 Å². The third-order valence-corrected chi connectivity index (χ3v) is 4.28. The van der Waals surface area contributed by atoms with Gasteiger partial charge in [-0.2, -0.15) is 0 Å². The quantitative estimate of drug-likeness (QED) is 0.847. The Labute approximate surface area is 141 Å². The van der Waals surface area contributed by atoms with Gasteiger partial charge in [-0.25, -0.2) is 0 Å². The van der Waals surface area contributed by atoms with Crippen LogP contribution in [0.25, 0.3) is 0 Å². The largest absolute Gasteiger partial charge is 0.486 e. The van der Waals surface area contributed by atoms with Crippen molar-refractivity contribution in [2.75, 3.05) is 45.9 Å². The maximum atomic E-state index is 12.1. The third kappa shape index (κ3) is 4.17. The summed E-state index contributed by atoms with van der Waals surface area (Å²) >= 11 is 0. The van der Waals surface area contributed by atoms with Crippen molar-refractivity contribution in [2.45, 2.75) is 13.0 Å². The minimum Gasteiger partial charge on any atom is -0.486 e. The summed E-state index contributed by atoms with van der Waals surface area (Å²) in [7, 11) is 0. The second kappa shape index (κ2) is 7.53. The lowest BCUT2D eigenvalue weighted by Gasteiger charge is -2.33. The van der Waals surface area contributed by atoms with Crippen LogP contribution in [-0.4, -0.2) is 73.6 Å². The van der Waals surface area contributed by atoms with Crippen molar-refractivity contribution in [2.24, 2.45) is 0 Å². The molecule has 0 saturated carbocycles. The molecule has 3 rings (SSSR count). The van der Waals surface area contributed by atoms with E-state index in [-0.39, 0.29) is 17.9 Å². The molecule has 2 heterocycles. The van der Waals surface area contributed by atoms with Crippen molar-refractivity contribution in [1.82, 2.24) is 15.1 Å². The molecule has 130 valence electrons. The fourth-order valence-electron chi connectivity index (χ4n) is 2.87. The van der Waals surface area contributed by atoms with E-state index in [0.717, 1.165) is 18.8 Å². The van der Waals surface area contributed by atoms with Gasteiger partial charge in [0.15, 0.2) is 11.5 Å². The molecular formula is C17H23N3O4. The first kappa shape index (κ1) is 16.6. The van der Waals surface area contributed by atoms with Gasteiger partial charge in [-0.1, -0.05) is 12.1 Å². The number of nitrogens with zero attached hydrogens (tertiary/aromatic N) is 2. The van der Waals surface area contributed by atoms with E-state index in [2.05, 4.69) is 10.2 Å². The molecule has 0 aliphatic carbocycles.